The van der Waals surface area contributed by atoms with Gasteiger partial charge in [-0.2, -0.15) is 0 Å². The van der Waals surface area contributed by atoms with Crippen LogP contribution in [0.4, 0.5) is 5.69 Å². The molecule has 82 valence electrons. The third-order valence-corrected chi connectivity index (χ3v) is 2.49. The lowest BCUT2D eigenvalue weighted by molar-refractivity contribution is -0.385. The van der Waals surface area contributed by atoms with Gasteiger partial charge in [-0.3, -0.25) is 15.1 Å². The lowest BCUT2D eigenvalue weighted by Crippen LogP contribution is -1.96. The van der Waals surface area contributed by atoms with Crippen molar-refractivity contribution in [2.75, 3.05) is 7.11 Å². The van der Waals surface area contributed by atoms with Gasteiger partial charge in [0.2, 0.25) is 5.75 Å². The lowest BCUT2D eigenvalue weighted by atomic mass is 10.2. The Morgan fingerprint density at radius 2 is 2.31 bits per heavy atom. The summed E-state index contributed by atoms with van der Waals surface area (Å²) in [7, 11) is 1.37. The first kappa shape index (κ1) is 10.6. The van der Waals surface area contributed by atoms with Gasteiger partial charge in [-0.25, -0.2) is 0 Å². The largest absolute Gasteiger partial charge is 0.489 e. The van der Waals surface area contributed by atoms with Gasteiger partial charge in [0.15, 0.2) is 0 Å². The second-order valence-electron chi connectivity index (χ2n) is 3.07. The quantitative estimate of drug-likeness (QED) is 0.596. The fraction of sp³-hybridized carbons (Fsp3) is 0.100. The highest BCUT2D eigenvalue weighted by molar-refractivity contribution is 6.36. The average Bonchev–Trinajstić information content (AvgIpc) is 2.29. The van der Waals surface area contributed by atoms with E-state index in [-0.39, 0.29) is 16.5 Å². The molecule has 6 heteroatoms. The Morgan fingerprint density at radius 1 is 1.56 bits per heavy atom. The summed E-state index contributed by atoms with van der Waals surface area (Å²) in [6, 6.07) is 4.71. The first-order valence-electron chi connectivity index (χ1n) is 4.40. The minimum atomic E-state index is -0.543. The van der Waals surface area contributed by atoms with E-state index < -0.39 is 4.92 Å². The average molecular weight is 239 g/mol. The molecule has 0 atom stereocenters. The van der Waals surface area contributed by atoms with Crippen LogP contribution in [0.2, 0.25) is 5.02 Å². The fourth-order valence-electron chi connectivity index (χ4n) is 1.50. The van der Waals surface area contributed by atoms with E-state index in [2.05, 4.69) is 4.98 Å². The lowest BCUT2D eigenvalue weighted by Gasteiger charge is -2.06. The summed E-state index contributed by atoms with van der Waals surface area (Å²) < 4.78 is 5.01. The van der Waals surface area contributed by atoms with Crippen molar-refractivity contribution in [2.45, 2.75) is 0 Å². The summed E-state index contributed by atoms with van der Waals surface area (Å²) in [6.45, 7) is 0. The Bertz CT molecular complexity index is 571. The predicted octanol–water partition coefficient (Wildman–Crippen LogP) is 2.81. The molecule has 0 saturated carbocycles. The number of hydrogen-bond acceptors (Lipinski definition) is 4. The molecule has 0 amide bonds. The summed E-state index contributed by atoms with van der Waals surface area (Å²) in [5.74, 6) is 0.130. The number of benzene rings is 1. The number of halogens is 1. The summed E-state index contributed by atoms with van der Waals surface area (Å²) in [5.41, 5.74) is 0.211. The van der Waals surface area contributed by atoms with Crippen molar-refractivity contribution < 1.29 is 9.66 Å². The minimum Gasteiger partial charge on any atom is -0.489 e. The van der Waals surface area contributed by atoms with E-state index in [4.69, 9.17) is 16.3 Å². The SMILES string of the molecule is COc1c([N+](=O)[O-])cc(Cl)c2cccnc12. The standard InChI is InChI=1S/C10H7ClN2O3/c1-16-10-8(13(14)15)5-7(11)6-3-2-4-12-9(6)10/h2-5H,1H3. The highest BCUT2D eigenvalue weighted by Gasteiger charge is 2.20. The number of nitro groups is 1. The van der Waals surface area contributed by atoms with Crippen LogP contribution in [-0.2, 0) is 0 Å². The van der Waals surface area contributed by atoms with Crippen LogP contribution in [0.3, 0.4) is 0 Å². The zero-order valence-corrected chi connectivity index (χ0v) is 9.06. The number of nitrogens with zero attached hydrogens (tertiary/aromatic N) is 2. The van der Waals surface area contributed by atoms with E-state index in [1.54, 1.807) is 12.1 Å². The Kier molecular flexibility index (Phi) is 2.62. The van der Waals surface area contributed by atoms with Crippen LogP contribution in [-0.4, -0.2) is 17.0 Å². The fourth-order valence-corrected chi connectivity index (χ4v) is 1.76. The maximum Gasteiger partial charge on any atom is 0.314 e. The number of rotatable bonds is 2. The van der Waals surface area contributed by atoms with Gasteiger partial charge in [0, 0.05) is 17.6 Å². The van der Waals surface area contributed by atoms with Gasteiger partial charge in [-0.1, -0.05) is 11.6 Å². The van der Waals surface area contributed by atoms with E-state index in [1.165, 1.54) is 19.4 Å². The molecule has 5 nitrogen and oxygen atoms in total. The predicted molar refractivity (Wildman–Crippen MR) is 60.0 cm³/mol. The topological polar surface area (TPSA) is 65.3 Å². The molecule has 0 unspecified atom stereocenters. The Labute approximate surface area is 95.8 Å². The smallest absolute Gasteiger partial charge is 0.314 e. The molecule has 0 aliphatic heterocycles. The third-order valence-electron chi connectivity index (χ3n) is 2.18. The van der Waals surface area contributed by atoms with Gasteiger partial charge >= 0.3 is 5.69 Å². The van der Waals surface area contributed by atoms with Gasteiger partial charge in [-0.05, 0) is 12.1 Å². The van der Waals surface area contributed by atoms with Crippen LogP contribution in [0.15, 0.2) is 24.4 Å². The van der Waals surface area contributed by atoms with E-state index in [0.29, 0.717) is 10.9 Å². The molecule has 16 heavy (non-hydrogen) atoms. The van der Waals surface area contributed by atoms with Crippen LogP contribution in [0.25, 0.3) is 10.9 Å². The maximum atomic E-state index is 10.8. The molecule has 1 aromatic heterocycles. The maximum absolute atomic E-state index is 10.8. The van der Waals surface area contributed by atoms with Crippen LogP contribution >= 0.6 is 11.6 Å². The summed E-state index contributed by atoms with van der Waals surface area (Å²) >= 11 is 5.94. The van der Waals surface area contributed by atoms with Crippen LogP contribution < -0.4 is 4.74 Å². The highest BCUT2D eigenvalue weighted by atomic mass is 35.5. The molecule has 2 aromatic rings. The molecule has 0 N–H and O–H groups in total. The van der Waals surface area contributed by atoms with Crippen molar-refractivity contribution >= 4 is 28.2 Å². The summed E-state index contributed by atoms with van der Waals surface area (Å²) in [6.07, 6.45) is 1.53. The molecule has 0 radical (unpaired) electrons. The van der Waals surface area contributed by atoms with Crippen LogP contribution in [0.1, 0.15) is 0 Å². The molecule has 0 fully saturated rings. The molecule has 0 saturated heterocycles. The molecule has 0 bridgehead atoms. The van der Waals surface area contributed by atoms with E-state index in [1.807, 2.05) is 0 Å². The molecule has 1 heterocycles. The minimum absolute atomic E-state index is 0.130. The van der Waals surface area contributed by atoms with Gasteiger partial charge in [0.25, 0.3) is 0 Å². The molecular weight excluding hydrogens is 232 g/mol. The van der Waals surface area contributed by atoms with Crippen molar-refractivity contribution in [3.8, 4) is 5.75 Å². The van der Waals surface area contributed by atoms with Crippen molar-refractivity contribution in [1.29, 1.82) is 0 Å². The van der Waals surface area contributed by atoms with Crippen LogP contribution in [0, 0.1) is 10.1 Å². The zero-order chi connectivity index (χ0) is 11.7. The first-order chi connectivity index (χ1) is 7.65. The van der Waals surface area contributed by atoms with E-state index in [0.717, 1.165) is 0 Å². The molecule has 0 spiro atoms. The number of nitro benzene ring substituents is 1. The second-order valence-corrected chi connectivity index (χ2v) is 3.47. The van der Waals surface area contributed by atoms with E-state index in [9.17, 15) is 10.1 Å². The summed E-state index contributed by atoms with van der Waals surface area (Å²) in [5, 5.41) is 11.7. The third kappa shape index (κ3) is 1.55. The van der Waals surface area contributed by atoms with Crippen LogP contribution in [0.5, 0.6) is 5.75 Å². The van der Waals surface area contributed by atoms with Gasteiger partial charge in [-0.15, -0.1) is 0 Å². The van der Waals surface area contributed by atoms with E-state index >= 15 is 0 Å². The van der Waals surface area contributed by atoms with Gasteiger partial charge in [0.1, 0.15) is 5.52 Å². The molecule has 1 aromatic carbocycles. The van der Waals surface area contributed by atoms with Crippen molar-refractivity contribution in [3.63, 3.8) is 0 Å². The molecular formula is C10H7ClN2O3. The number of pyridine rings is 1. The van der Waals surface area contributed by atoms with Gasteiger partial charge in [0.05, 0.1) is 17.1 Å². The number of aromatic nitrogens is 1. The first-order valence-corrected chi connectivity index (χ1v) is 4.78. The molecule has 0 aliphatic carbocycles. The van der Waals surface area contributed by atoms with Crippen molar-refractivity contribution in [1.82, 2.24) is 4.98 Å². The number of fused-ring (bicyclic) bond motifs is 1. The zero-order valence-electron chi connectivity index (χ0n) is 8.31. The Balaban J connectivity index is 2.90. The van der Waals surface area contributed by atoms with Crippen molar-refractivity contribution in [3.05, 3.63) is 39.5 Å². The second kappa shape index (κ2) is 3.94. The highest BCUT2D eigenvalue weighted by Crippen LogP contribution is 2.38. The summed E-state index contributed by atoms with van der Waals surface area (Å²) in [4.78, 5) is 14.3. The van der Waals surface area contributed by atoms with Gasteiger partial charge < -0.3 is 4.74 Å². The monoisotopic (exact) mass is 238 g/mol. The molecule has 2 rings (SSSR count). The number of hydrogen-bond donors (Lipinski definition) is 0. The Hall–Kier alpha value is -1.88. The molecule has 0 aliphatic rings. The van der Waals surface area contributed by atoms with Crippen molar-refractivity contribution in [2.24, 2.45) is 0 Å². The Morgan fingerprint density at radius 3 is 2.94 bits per heavy atom. The number of ether oxygens (including phenoxy) is 1. The normalized spacial score (nSPS) is 10.4. The number of methoxy groups -OCH3 is 1.